The zero-order chi connectivity index (χ0) is 21.0. The molecule has 0 spiro atoms. The van der Waals surface area contributed by atoms with Gasteiger partial charge >= 0.3 is 5.97 Å². The van der Waals surface area contributed by atoms with Crippen LogP contribution in [0.25, 0.3) is 0 Å². The molecule has 1 N–H and O–H groups in total. The predicted octanol–water partition coefficient (Wildman–Crippen LogP) is 3.66. The van der Waals surface area contributed by atoms with Gasteiger partial charge in [0.2, 0.25) is 0 Å². The number of rotatable bonds is 7. The highest BCUT2D eigenvalue weighted by atomic mass is 16.6. The van der Waals surface area contributed by atoms with Crippen molar-refractivity contribution in [2.45, 2.75) is 52.9 Å². The number of pyridine rings is 1. The van der Waals surface area contributed by atoms with E-state index in [0.717, 1.165) is 29.8 Å². The number of nitrogens with zero attached hydrogens (tertiary/aromatic N) is 1. The van der Waals surface area contributed by atoms with Crippen LogP contribution in [0.3, 0.4) is 0 Å². The minimum Gasteiger partial charge on any atom is -0.460 e. The summed E-state index contributed by atoms with van der Waals surface area (Å²) in [4.78, 5) is 30.2. The van der Waals surface area contributed by atoms with E-state index < -0.39 is 11.9 Å². The average Bonchev–Trinajstić information content (AvgIpc) is 2.66. The third-order valence-electron chi connectivity index (χ3n) is 5.31. The van der Waals surface area contributed by atoms with E-state index in [0.29, 0.717) is 30.8 Å². The van der Waals surface area contributed by atoms with E-state index in [9.17, 15) is 9.59 Å². The zero-order valence-electron chi connectivity index (χ0n) is 17.7. The SMILES string of the molecule is CCCOCCOC(=O)C1=C(C)NC2=C(C(=O)CC(C)(C)C2)[C@@H]1c1ccncc1. The maximum absolute atomic E-state index is 13.1. The van der Waals surface area contributed by atoms with Crippen LogP contribution < -0.4 is 5.32 Å². The van der Waals surface area contributed by atoms with Gasteiger partial charge in [-0.25, -0.2) is 4.79 Å². The Morgan fingerprint density at radius 1 is 1.21 bits per heavy atom. The molecule has 2 heterocycles. The Hall–Kier alpha value is -2.47. The highest BCUT2D eigenvalue weighted by Crippen LogP contribution is 2.46. The lowest BCUT2D eigenvalue weighted by molar-refractivity contribution is -0.141. The van der Waals surface area contributed by atoms with Crippen molar-refractivity contribution < 1.29 is 19.1 Å². The Balaban J connectivity index is 1.93. The first-order valence-electron chi connectivity index (χ1n) is 10.2. The van der Waals surface area contributed by atoms with Gasteiger partial charge in [-0.3, -0.25) is 9.78 Å². The molecule has 2 aliphatic rings. The van der Waals surface area contributed by atoms with E-state index >= 15 is 0 Å². The largest absolute Gasteiger partial charge is 0.460 e. The van der Waals surface area contributed by atoms with Gasteiger partial charge in [-0.15, -0.1) is 0 Å². The molecular weight excluding hydrogens is 368 g/mol. The summed E-state index contributed by atoms with van der Waals surface area (Å²) < 4.78 is 10.9. The number of allylic oxidation sites excluding steroid dienone is 3. The van der Waals surface area contributed by atoms with Crippen LogP contribution in [0, 0.1) is 5.41 Å². The summed E-state index contributed by atoms with van der Waals surface area (Å²) in [7, 11) is 0. The average molecular weight is 399 g/mol. The van der Waals surface area contributed by atoms with Crippen LogP contribution in [0.4, 0.5) is 0 Å². The van der Waals surface area contributed by atoms with Gasteiger partial charge in [-0.1, -0.05) is 20.8 Å². The van der Waals surface area contributed by atoms with Gasteiger partial charge in [0.15, 0.2) is 5.78 Å². The van der Waals surface area contributed by atoms with E-state index in [2.05, 4.69) is 24.1 Å². The van der Waals surface area contributed by atoms with Crippen molar-refractivity contribution in [1.29, 1.82) is 0 Å². The normalized spacial score (nSPS) is 21.0. The smallest absolute Gasteiger partial charge is 0.336 e. The molecule has 0 saturated heterocycles. The second kappa shape index (κ2) is 8.91. The third-order valence-corrected chi connectivity index (χ3v) is 5.31. The summed E-state index contributed by atoms with van der Waals surface area (Å²) >= 11 is 0. The quantitative estimate of drug-likeness (QED) is 0.558. The summed E-state index contributed by atoms with van der Waals surface area (Å²) in [6.07, 6.45) is 5.51. The molecule has 0 amide bonds. The number of ether oxygens (including phenoxy) is 2. The minimum absolute atomic E-state index is 0.0784. The Morgan fingerprint density at radius 3 is 2.62 bits per heavy atom. The number of dihydropyridines is 1. The van der Waals surface area contributed by atoms with Crippen LogP contribution in [-0.4, -0.2) is 36.6 Å². The minimum atomic E-state index is -0.443. The number of ketones is 1. The van der Waals surface area contributed by atoms with Gasteiger partial charge in [0, 0.05) is 48.3 Å². The van der Waals surface area contributed by atoms with Crippen molar-refractivity contribution in [3.05, 3.63) is 52.6 Å². The standard InChI is InChI=1S/C23H30N2O4/c1-5-10-28-11-12-29-22(27)19-15(2)25-17-13-23(3,4)14-18(26)21(17)20(19)16-6-8-24-9-7-16/h6-9,20,25H,5,10-14H2,1-4H3/t20-/m1/s1. The Morgan fingerprint density at radius 2 is 1.93 bits per heavy atom. The van der Waals surface area contributed by atoms with Crippen LogP contribution in [0.2, 0.25) is 0 Å². The molecule has 6 nitrogen and oxygen atoms in total. The summed E-state index contributed by atoms with van der Waals surface area (Å²) in [6.45, 7) is 9.27. The molecule has 0 radical (unpaired) electrons. The number of hydrogen-bond acceptors (Lipinski definition) is 6. The van der Waals surface area contributed by atoms with Crippen molar-refractivity contribution in [3.63, 3.8) is 0 Å². The molecule has 0 bridgehead atoms. The van der Waals surface area contributed by atoms with Gasteiger partial charge in [0.1, 0.15) is 6.61 Å². The van der Waals surface area contributed by atoms with Crippen molar-refractivity contribution in [2.24, 2.45) is 5.41 Å². The first-order chi connectivity index (χ1) is 13.8. The molecule has 156 valence electrons. The van der Waals surface area contributed by atoms with Crippen LogP contribution in [0.1, 0.15) is 58.4 Å². The number of carbonyl (C=O) groups is 2. The molecule has 1 aromatic rings. The van der Waals surface area contributed by atoms with Gasteiger partial charge in [0.25, 0.3) is 0 Å². The maximum atomic E-state index is 13.1. The van der Waals surface area contributed by atoms with Crippen LogP contribution in [-0.2, 0) is 19.1 Å². The molecule has 0 fully saturated rings. The molecule has 0 saturated carbocycles. The topological polar surface area (TPSA) is 77.5 Å². The lowest BCUT2D eigenvalue weighted by atomic mass is 9.69. The van der Waals surface area contributed by atoms with Crippen molar-refractivity contribution in [3.8, 4) is 0 Å². The van der Waals surface area contributed by atoms with Crippen molar-refractivity contribution >= 4 is 11.8 Å². The Labute approximate surface area is 172 Å². The summed E-state index contributed by atoms with van der Waals surface area (Å²) in [6, 6.07) is 3.72. The van der Waals surface area contributed by atoms with Crippen molar-refractivity contribution in [1.82, 2.24) is 10.3 Å². The summed E-state index contributed by atoms with van der Waals surface area (Å²) in [5.41, 5.74) is 3.56. The Bertz CT molecular complexity index is 840. The molecule has 6 heteroatoms. The van der Waals surface area contributed by atoms with Crippen LogP contribution in [0.15, 0.2) is 47.1 Å². The second-order valence-electron chi connectivity index (χ2n) is 8.46. The zero-order valence-corrected chi connectivity index (χ0v) is 17.7. The fourth-order valence-corrected chi connectivity index (χ4v) is 4.11. The molecule has 1 aliphatic carbocycles. The Kier molecular flexibility index (Phi) is 6.52. The first-order valence-corrected chi connectivity index (χ1v) is 10.2. The molecule has 0 aromatic carbocycles. The van der Waals surface area contributed by atoms with Gasteiger partial charge < -0.3 is 14.8 Å². The molecule has 1 atom stereocenters. The number of carbonyl (C=O) groups excluding carboxylic acids is 2. The number of esters is 1. The summed E-state index contributed by atoms with van der Waals surface area (Å²) in [5, 5.41) is 3.34. The van der Waals surface area contributed by atoms with Crippen molar-refractivity contribution in [2.75, 3.05) is 19.8 Å². The lowest BCUT2D eigenvalue weighted by Gasteiger charge is -2.39. The highest BCUT2D eigenvalue weighted by molar-refractivity contribution is 6.04. The van der Waals surface area contributed by atoms with E-state index in [1.807, 2.05) is 26.0 Å². The number of hydrogen-bond donors (Lipinski definition) is 1. The predicted molar refractivity (Wildman–Crippen MR) is 110 cm³/mol. The molecule has 1 aromatic heterocycles. The van der Waals surface area contributed by atoms with E-state index in [4.69, 9.17) is 9.47 Å². The molecule has 1 aliphatic heterocycles. The third kappa shape index (κ3) is 4.75. The number of Topliss-reactive ketones (excluding diaryl/α,β-unsaturated/α-hetero) is 1. The number of nitrogens with one attached hydrogen (secondary N) is 1. The monoisotopic (exact) mass is 398 g/mol. The maximum Gasteiger partial charge on any atom is 0.336 e. The van der Waals surface area contributed by atoms with Crippen LogP contribution in [0.5, 0.6) is 0 Å². The second-order valence-corrected chi connectivity index (χ2v) is 8.46. The van der Waals surface area contributed by atoms with Gasteiger partial charge in [0.05, 0.1) is 12.2 Å². The molecule has 0 unspecified atom stereocenters. The van der Waals surface area contributed by atoms with Gasteiger partial charge in [-0.2, -0.15) is 0 Å². The van der Waals surface area contributed by atoms with Crippen LogP contribution >= 0.6 is 0 Å². The van der Waals surface area contributed by atoms with E-state index in [1.165, 1.54) is 0 Å². The first kappa shape index (κ1) is 21.2. The summed E-state index contributed by atoms with van der Waals surface area (Å²) in [5.74, 6) is -0.780. The molecule has 3 rings (SSSR count). The number of aromatic nitrogens is 1. The lowest BCUT2D eigenvalue weighted by Crippen LogP contribution is -2.38. The molecule has 29 heavy (non-hydrogen) atoms. The fraction of sp³-hybridized carbons (Fsp3) is 0.522. The van der Waals surface area contributed by atoms with E-state index in [-0.39, 0.29) is 17.8 Å². The fourth-order valence-electron chi connectivity index (χ4n) is 4.11. The van der Waals surface area contributed by atoms with Gasteiger partial charge in [-0.05, 0) is 42.9 Å². The van der Waals surface area contributed by atoms with E-state index in [1.54, 1.807) is 12.4 Å². The highest BCUT2D eigenvalue weighted by Gasteiger charge is 2.43. The molecular formula is C23H30N2O4.